The maximum absolute atomic E-state index is 13.3. The number of phenols is 2. The third kappa shape index (κ3) is 4.66. The van der Waals surface area contributed by atoms with Gasteiger partial charge in [-0.1, -0.05) is 60.7 Å². The van der Waals surface area contributed by atoms with E-state index in [2.05, 4.69) is 5.32 Å². The Labute approximate surface area is 197 Å². The lowest BCUT2D eigenvalue weighted by molar-refractivity contribution is -0.553. The van der Waals surface area contributed by atoms with Crippen molar-refractivity contribution in [2.45, 2.75) is 18.9 Å². The van der Waals surface area contributed by atoms with Crippen molar-refractivity contribution in [3.8, 4) is 11.5 Å². The van der Waals surface area contributed by atoms with Gasteiger partial charge in [0.15, 0.2) is 6.04 Å². The standard InChI is InChI=1S/C28H23N3O3/c32-23-12-7-19(8-13-23)6-11-22-18-31-27(25(29-22)16-20-4-2-1-3-5-20)30-26(28(31)34)17-21-9-14-24(33)15-10-21/h1-15,18,26,32-33H,16-17H2/p+1/b11-6+. The Morgan fingerprint density at radius 2 is 1.53 bits per heavy atom. The normalized spacial score (nSPS) is 14.8. The molecule has 1 aromatic heterocycles. The molecule has 3 N–H and O–H groups in total. The summed E-state index contributed by atoms with van der Waals surface area (Å²) in [7, 11) is 0. The predicted molar refractivity (Wildman–Crippen MR) is 131 cm³/mol. The van der Waals surface area contributed by atoms with E-state index in [-0.39, 0.29) is 17.4 Å². The van der Waals surface area contributed by atoms with E-state index in [1.807, 2.05) is 66.7 Å². The highest BCUT2D eigenvalue weighted by Crippen LogP contribution is 2.22. The highest BCUT2D eigenvalue weighted by Gasteiger charge is 2.40. The van der Waals surface area contributed by atoms with E-state index >= 15 is 0 Å². The fraction of sp³-hybridized carbons (Fsp3) is 0.107. The third-order valence-corrected chi connectivity index (χ3v) is 5.82. The topological polar surface area (TPSA) is 86.3 Å². The van der Waals surface area contributed by atoms with Crippen molar-refractivity contribution in [2.75, 3.05) is 5.32 Å². The molecule has 168 valence electrons. The van der Waals surface area contributed by atoms with Crippen LogP contribution in [0.15, 0.2) is 85.1 Å². The molecule has 5 rings (SSSR count). The van der Waals surface area contributed by atoms with E-state index < -0.39 is 6.04 Å². The van der Waals surface area contributed by atoms with Crippen LogP contribution in [0.3, 0.4) is 0 Å². The van der Waals surface area contributed by atoms with Gasteiger partial charge >= 0.3 is 11.7 Å². The van der Waals surface area contributed by atoms with Crippen LogP contribution in [-0.2, 0) is 12.8 Å². The number of benzene rings is 3. The van der Waals surface area contributed by atoms with Crippen LogP contribution < -0.4 is 9.88 Å². The number of carbonyl (C=O) groups excluding carboxylic acids is 1. The molecule has 0 radical (unpaired) electrons. The molecule has 2 heterocycles. The Balaban J connectivity index is 1.48. The first-order valence-corrected chi connectivity index (χ1v) is 11.1. The minimum atomic E-state index is -0.419. The zero-order valence-corrected chi connectivity index (χ0v) is 18.4. The zero-order chi connectivity index (χ0) is 23.5. The average Bonchev–Trinajstić information content (AvgIpc) is 3.16. The van der Waals surface area contributed by atoms with Gasteiger partial charge in [0.2, 0.25) is 0 Å². The van der Waals surface area contributed by atoms with E-state index in [1.165, 1.54) is 0 Å². The van der Waals surface area contributed by atoms with Gasteiger partial charge in [-0.15, -0.1) is 0 Å². The lowest BCUT2D eigenvalue weighted by Gasteiger charge is -2.05. The first kappa shape index (κ1) is 21.4. The van der Waals surface area contributed by atoms with Gasteiger partial charge in [0.25, 0.3) is 0 Å². The Morgan fingerprint density at radius 1 is 0.853 bits per heavy atom. The van der Waals surface area contributed by atoms with Crippen molar-refractivity contribution in [2.24, 2.45) is 0 Å². The number of rotatable bonds is 6. The number of nitrogens with one attached hydrogen (secondary N) is 1. The summed E-state index contributed by atoms with van der Waals surface area (Å²) < 4.78 is 1.66. The van der Waals surface area contributed by atoms with Crippen molar-refractivity contribution in [1.29, 1.82) is 0 Å². The van der Waals surface area contributed by atoms with E-state index in [4.69, 9.17) is 4.98 Å². The zero-order valence-electron chi connectivity index (χ0n) is 18.4. The Hall–Kier alpha value is -4.45. The molecule has 0 aliphatic carbocycles. The lowest BCUT2D eigenvalue weighted by atomic mass is 10.1. The Morgan fingerprint density at radius 3 is 2.24 bits per heavy atom. The van der Waals surface area contributed by atoms with Crippen LogP contribution in [0.2, 0.25) is 0 Å². The third-order valence-electron chi connectivity index (χ3n) is 5.82. The molecule has 6 heteroatoms. The summed E-state index contributed by atoms with van der Waals surface area (Å²) in [5.74, 6) is 1.08. The predicted octanol–water partition coefficient (Wildman–Crippen LogP) is 4.22. The molecule has 0 saturated carbocycles. The number of aromatic hydroxyl groups is 2. The van der Waals surface area contributed by atoms with Crippen LogP contribution in [0.1, 0.15) is 32.9 Å². The average molecular weight is 451 g/mol. The van der Waals surface area contributed by atoms with Gasteiger partial charge in [0, 0.05) is 12.8 Å². The number of hydrogen-bond donors (Lipinski definition) is 3. The molecule has 0 fully saturated rings. The van der Waals surface area contributed by atoms with E-state index in [0.29, 0.717) is 24.4 Å². The van der Waals surface area contributed by atoms with Crippen molar-refractivity contribution >= 4 is 23.9 Å². The number of fused-ring (bicyclic) bond motifs is 1. The fourth-order valence-corrected chi connectivity index (χ4v) is 4.06. The van der Waals surface area contributed by atoms with Gasteiger partial charge in [-0.2, -0.15) is 4.57 Å². The second kappa shape index (κ2) is 9.19. The maximum atomic E-state index is 13.3. The molecule has 0 amide bonds. The summed E-state index contributed by atoms with van der Waals surface area (Å²) >= 11 is 0. The maximum Gasteiger partial charge on any atom is 0.359 e. The highest BCUT2D eigenvalue weighted by atomic mass is 16.3. The van der Waals surface area contributed by atoms with Gasteiger partial charge in [-0.3, -0.25) is 5.32 Å². The summed E-state index contributed by atoms with van der Waals surface area (Å²) in [6.07, 6.45) is 6.62. The van der Waals surface area contributed by atoms with Crippen molar-refractivity contribution < 1.29 is 19.6 Å². The minimum Gasteiger partial charge on any atom is -0.508 e. The molecule has 1 aliphatic heterocycles. The Bertz CT molecular complexity index is 1350. The molecule has 3 aromatic carbocycles. The lowest BCUT2D eigenvalue weighted by Crippen LogP contribution is -2.44. The van der Waals surface area contributed by atoms with E-state index in [9.17, 15) is 15.0 Å². The second-order valence-electron chi connectivity index (χ2n) is 8.32. The van der Waals surface area contributed by atoms with Crippen molar-refractivity contribution in [3.63, 3.8) is 0 Å². The number of nitrogens with zero attached hydrogens (tertiary/aromatic N) is 2. The number of carbonyl (C=O) groups is 1. The van der Waals surface area contributed by atoms with Gasteiger partial charge in [0.1, 0.15) is 29.1 Å². The van der Waals surface area contributed by atoms with Gasteiger partial charge < -0.3 is 10.2 Å². The quantitative estimate of drug-likeness (QED) is 0.383. The van der Waals surface area contributed by atoms with Gasteiger partial charge in [-0.05, 0) is 47.0 Å². The van der Waals surface area contributed by atoms with Gasteiger partial charge in [-0.25, -0.2) is 9.78 Å². The summed E-state index contributed by atoms with van der Waals surface area (Å²) in [6, 6.07) is 23.4. The second-order valence-corrected chi connectivity index (χ2v) is 8.32. The summed E-state index contributed by atoms with van der Waals surface area (Å²) in [6.45, 7) is 0. The minimum absolute atomic E-state index is 0.0425. The van der Waals surface area contributed by atoms with E-state index in [1.54, 1.807) is 35.0 Å². The monoisotopic (exact) mass is 450 g/mol. The summed E-state index contributed by atoms with van der Waals surface area (Å²) in [4.78, 5) is 18.2. The van der Waals surface area contributed by atoms with Gasteiger partial charge in [0.05, 0.1) is 0 Å². The first-order chi connectivity index (χ1) is 16.5. The largest absolute Gasteiger partial charge is 0.508 e. The smallest absolute Gasteiger partial charge is 0.359 e. The van der Waals surface area contributed by atoms with Crippen LogP contribution in [-0.4, -0.2) is 27.1 Å². The Kier molecular flexibility index (Phi) is 5.79. The van der Waals surface area contributed by atoms with E-state index in [0.717, 1.165) is 22.4 Å². The molecule has 1 atom stereocenters. The molecule has 0 saturated heterocycles. The first-order valence-electron chi connectivity index (χ1n) is 11.1. The molecule has 6 nitrogen and oxygen atoms in total. The van der Waals surface area contributed by atoms with Crippen molar-refractivity contribution in [3.05, 3.63) is 113 Å². The number of aromatic nitrogens is 2. The van der Waals surface area contributed by atoms with Crippen LogP contribution >= 0.6 is 0 Å². The van der Waals surface area contributed by atoms with Crippen molar-refractivity contribution in [1.82, 2.24) is 4.98 Å². The molecular weight excluding hydrogens is 426 g/mol. The molecule has 34 heavy (non-hydrogen) atoms. The highest BCUT2D eigenvalue weighted by molar-refractivity contribution is 5.82. The van der Waals surface area contributed by atoms with Crippen LogP contribution in [0.4, 0.5) is 5.82 Å². The summed E-state index contributed by atoms with van der Waals surface area (Å²) in [5.41, 5.74) is 4.45. The molecule has 0 spiro atoms. The van der Waals surface area contributed by atoms with Crippen LogP contribution in [0.25, 0.3) is 12.2 Å². The SMILES string of the molecule is O=C1C(Cc2ccc(O)cc2)Nc2c(Cc3ccccc3)nc(/C=C/c3ccc(O)cc3)c[n+]21. The molecule has 1 unspecified atom stereocenters. The molecular formula is C28H24N3O3+. The molecule has 0 bridgehead atoms. The number of hydrogen-bond acceptors (Lipinski definition) is 5. The molecule has 4 aromatic rings. The molecule has 1 aliphatic rings. The number of anilines is 1. The number of phenolic OH excluding ortho intramolecular Hbond substituents is 2. The fourth-order valence-electron chi connectivity index (χ4n) is 4.06. The van der Waals surface area contributed by atoms with Crippen LogP contribution in [0.5, 0.6) is 11.5 Å². The van der Waals surface area contributed by atoms with Crippen LogP contribution in [0, 0.1) is 0 Å². The summed E-state index contributed by atoms with van der Waals surface area (Å²) in [5, 5.41) is 22.4.